The van der Waals surface area contributed by atoms with Gasteiger partial charge in [0.2, 0.25) is 0 Å². The van der Waals surface area contributed by atoms with Crippen molar-refractivity contribution in [3.05, 3.63) is 311 Å². The molecule has 1 unspecified atom stereocenters. The Bertz CT molecular complexity index is 4510. The molecule has 1 aliphatic heterocycles. The second-order valence-corrected chi connectivity index (χ2v) is 20.6. The molecular formula is C72H44N2. The van der Waals surface area contributed by atoms with Crippen LogP contribution < -0.4 is 4.90 Å². The van der Waals surface area contributed by atoms with Crippen LogP contribution in [0, 0.1) is 0 Å². The lowest BCUT2D eigenvalue weighted by Gasteiger charge is -2.39. The van der Waals surface area contributed by atoms with Gasteiger partial charge < -0.3 is 9.47 Å². The van der Waals surface area contributed by atoms with Gasteiger partial charge in [-0.05, 0) is 143 Å². The van der Waals surface area contributed by atoms with Gasteiger partial charge >= 0.3 is 0 Å². The Kier molecular flexibility index (Phi) is 7.90. The van der Waals surface area contributed by atoms with Gasteiger partial charge in [-0.1, -0.05) is 218 Å². The van der Waals surface area contributed by atoms with Gasteiger partial charge in [0.1, 0.15) is 0 Å². The zero-order valence-corrected chi connectivity index (χ0v) is 40.3. The monoisotopic (exact) mass is 936 g/mol. The third-order valence-electron chi connectivity index (χ3n) is 17.4. The summed E-state index contributed by atoms with van der Waals surface area (Å²) in [6, 6.07) is 101. The highest BCUT2D eigenvalue weighted by Gasteiger charge is 2.53. The van der Waals surface area contributed by atoms with Crippen LogP contribution in [0.2, 0.25) is 0 Å². The van der Waals surface area contributed by atoms with Crippen LogP contribution in [-0.4, -0.2) is 4.57 Å². The maximum absolute atomic E-state index is 2.54. The van der Waals surface area contributed by atoms with Gasteiger partial charge in [-0.3, -0.25) is 0 Å². The molecule has 0 radical (unpaired) electrons. The van der Waals surface area contributed by atoms with Gasteiger partial charge in [0.25, 0.3) is 0 Å². The van der Waals surface area contributed by atoms with Crippen molar-refractivity contribution >= 4 is 49.6 Å². The SMILES string of the molecule is c1ccc(N(c2ccc3c(c2)C2(c4ccccc4-c4ccccc42)c2ccccc2-3)c2ccc(-c3ccc4c(c3)C3(c5ccccc5-4)c4ccccc4-n4c5ccccc5c5cccc3c54)c3ccccc23)cc1. The number of benzene rings is 12. The first-order valence-electron chi connectivity index (χ1n) is 25.9. The molecule has 342 valence electrons. The molecule has 0 fully saturated rings. The van der Waals surface area contributed by atoms with Crippen molar-refractivity contribution in [3.8, 4) is 50.2 Å². The average molecular weight is 937 g/mol. The van der Waals surface area contributed by atoms with Crippen molar-refractivity contribution in [2.75, 3.05) is 4.90 Å². The lowest BCUT2D eigenvalue weighted by molar-refractivity contribution is 0.749. The number of rotatable bonds is 4. The smallest absolute Gasteiger partial charge is 0.0754 e. The lowest BCUT2D eigenvalue weighted by Crippen LogP contribution is -2.33. The molecule has 4 aliphatic rings. The first kappa shape index (κ1) is 40.1. The van der Waals surface area contributed by atoms with E-state index in [0.29, 0.717) is 0 Å². The van der Waals surface area contributed by atoms with Crippen LogP contribution in [-0.2, 0) is 10.8 Å². The minimum absolute atomic E-state index is 0.449. The van der Waals surface area contributed by atoms with Crippen molar-refractivity contribution in [1.82, 2.24) is 4.57 Å². The molecule has 0 N–H and O–H groups in total. The van der Waals surface area contributed by atoms with E-state index in [0.717, 1.165) is 17.1 Å². The predicted octanol–water partition coefficient (Wildman–Crippen LogP) is 18.1. The maximum Gasteiger partial charge on any atom is 0.0754 e. The fraction of sp³-hybridized carbons (Fsp3) is 0.0278. The Morgan fingerprint density at radius 3 is 1.42 bits per heavy atom. The number of fused-ring (bicyclic) bond motifs is 23. The summed E-state index contributed by atoms with van der Waals surface area (Å²) in [5.74, 6) is 0. The molecule has 0 bridgehead atoms. The zero-order chi connectivity index (χ0) is 48.3. The second kappa shape index (κ2) is 14.6. The molecule has 12 aromatic carbocycles. The van der Waals surface area contributed by atoms with Crippen molar-refractivity contribution in [2.24, 2.45) is 0 Å². The molecule has 0 amide bonds. The largest absolute Gasteiger partial charge is 0.310 e. The maximum atomic E-state index is 2.54. The Hall–Kier alpha value is -9.50. The van der Waals surface area contributed by atoms with E-state index in [-0.39, 0.29) is 0 Å². The number of anilines is 3. The molecule has 2 heteroatoms. The molecule has 3 aliphatic carbocycles. The van der Waals surface area contributed by atoms with E-state index in [1.807, 2.05) is 0 Å². The van der Waals surface area contributed by atoms with Crippen molar-refractivity contribution in [3.63, 3.8) is 0 Å². The molecular weight excluding hydrogens is 893 g/mol. The Morgan fingerprint density at radius 1 is 0.270 bits per heavy atom. The Balaban J connectivity index is 0.883. The fourth-order valence-electron chi connectivity index (χ4n) is 14.7. The molecule has 2 heterocycles. The minimum Gasteiger partial charge on any atom is -0.310 e. The standard InChI is InChI=1S/C72H44N2/c1-2-19-46(20-3-1)73(47-38-40-55-53-25-8-13-31-61(53)71(66(55)44-47)59-29-11-6-22-50(59)51-23-7-12-30-60(51)71)68-42-41-48(49-21-4-5-26-56(49)68)45-37-39-54-52-24-9-14-32-62(52)72(65(54)43-45)63-33-15-17-36-69(63)74-67-35-16-10-27-57(67)58-28-18-34-64(72)70(58)74/h1-44H. The van der Waals surface area contributed by atoms with E-state index in [1.54, 1.807) is 0 Å². The summed E-state index contributed by atoms with van der Waals surface area (Å²) in [7, 11) is 0. The van der Waals surface area contributed by atoms with E-state index in [2.05, 4.69) is 276 Å². The Morgan fingerprint density at radius 2 is 0.743 bits per heavy atom. The third kappa shape index (κ3) is 4.86. The summed E-state index contributed by atoms with van der Waals surface area (Å²) < 4.78 is 2.53. The summed E-state index contributed by atoms with van der Waals surface area (Å²) >= 11 is 0. The van der Waals surface area contributed by atoms with Gasteiger partial charge in [0.15, 0.2) is 0 Å². The number of hydrogen-bond acceptors (Lipinski definition) is 1. The molecule has 2 nitrogen and oxygen atoms in total. The van der Waals surface area contributed by atoms with Gasteiger partial charge in [-0.25, -0.2) is 0 Å². The summed E-state index contributed by atoms with van der Waals surface area (Å²) in [6.45, 7) is 0. The van der Waals surface area contributed by atoms with Crippen LogP contribution in [0.25, 0.3) is 82.8 Å². The van der Waals surface area contributed by atoms with Gasteiger partial charge in [0.05, 0.1) is 33.2 Å². The average Bonchev–Trinajstić information content (AvgIpc) is 4.19. The molecule has 2 spiro atoms. The van der Waals surface area contributed by atoms with Crippen LogP contribution in [0.15, 0.2) is 267 Å². The van der Waals surface area contributed by atoms with E-state index >= 15 is 0 Å². The normalized spacial score (nSPS) is 15.5. The van der Waals surface area contributed by atoms with Crippen LogP contribution in [0.5, 0.6) is 0 Å². The molecule has 0 saturated heterocycles. The second-order valence-electron chi connectivity index (χ2n) is 20.6. The van der Waals surface area contributed by atoms with Gasteiger partial charge in [-0.2, -0.15) is 0 Å². The van der Waals surface area contributed by atoms with E-state index in [9.17, 15) is 0 Å². The number of hydrogen-bond donors (Lipinski definition) is 0. The van der Waals surface area contributed by atoms with Crippen LogP contribution in [0.1, 0.15) is 44.5 Å². The first-order chi connectivity index (χ1) is 36.7. The van der Waals surface area contributed by atoms with Crippen molar-refractivity contribution < 1.29 is 0 Å². The summed E-state index contributed by atoms with van der Waals surface area (Å²) in [4.78, 5) is 2.49. The van der Waals surface area contributed by atoms with Crippen molar-refractivity contribution in [2.45, 2.75) is 10.8 Å². The molecule has 1 aromatic heterocycles. The topological polar surface area (TPSA) is 8.17 Å². The number of aromatic nitrogens is 1. The highest BCUT2D eigenvalue weighted by Crippen LogP contribution is 2.65. The highest BCUT2D eigenvalue weighted by molar-refractivity contribution is 6.13. The van der Waals surface area contributed by atoms with Crippen LogP contribution in [0.4, 0.5) is 17.1 Å². The van der Waals surface area contributed by atoms with Crippen LogP contribution in [0.3, 0.4) is 0 Å². The van der Waals surface area contributed by atoms with E-state index in [1.165, 1.54) is 127 Å². The molecule has 0 saturated carbocycles. The molecule has 1 atom stereocenters. The molecule has 74 heavy (non-hydrogen) atoms. The highest BCUT2D eigenvalue weighted by atomic mass is 15.1. The van der Waals surface area contributed by atoms with Crippen molar-refractivity contribution in [1.29, 1.82) is 0 Å². The van der Waals surface area contributed by atoms with Gasteiger partial charge in [0, 0.05) is 27.5 Å². The number of nitrogens with zero attached hydrogens (tertiary/aromatic N) is 2. The summed E-state index contributed by atoms with van der Waals surface area (Å²) in [6.07, 6.45) is 0. The summed E-state index contributed by atoms with van der Waals surface area (Å²) in [5, 5.41) is 4.98. The first-order valence-corrected chi connectivity index (χ1v) is 25.9. The molecule has 13 aromatic rings. The zero-order valence-electron chi connectivity index (χ0n) is 40.3. The number of para-hydroxylation sites is 4. The summed E-state index contributed by atoms with van der Waals surface area (Å²) in [5.41, 5.74) is 27.1. The third-order valence-corrected chi connectivity index (χ3v) is 17.4. The predicted molar refractivity (Wildman–Crippen MR) is 306 cm³/mol. The Labute approximate surface area is 429 Å². The molecule has 17 rings (SSSR count). The minimum atomic E-state index is -0.535. The quantitative estimate of drug-likeness (QED) is 0.171. The lowest BCUT2D eigenvalue weighted by atomic mass is 9.65. The van der Waals surface area contributed by atoms with E-state index in [4.69, 9.17) is 0 Å². The van der Waals surface area contributed by atoms with E-state index < -0.39 is 10.8 Å². The van der Waals surface area contributed by atoms with Gasteiger partial charge in [-0.15, -0.1) is 0 Å². The fourth-order valence-corrected chi connectivity index (χ4v) is 14.7. The van der Waals surface area contributed by atoms with Crippen LogP contribution >= 0.6 is 0 Å².